The molecule has 8 nitrogen and oxygen atoms in total. The number of hydrogen-bond donors (Lipinski definition) is 3. The van der Waals surface area contributed by atoms with Gasteiger partial charge in [0.15, 0.2) is 0 Å². The van der Waals surface area contributed by atoms with E-state index in [0.717, 1.165) is 35.3 Å². The standard InChI is InChI=1S/C20H19N5O2.C3H6O/c21-18-14(10-23-20(22)24-18)11-25-8-7-16-15(5-2-6-17(16)25)12-3-1-4-13(9-12)19(26)27;1-3(2)4/h1-6,9-10H,7-8,11H2,(H,26,27)(H4,21,22,23,24);1-2H3. The monoisotopic (exact) mass is 419 g/mol. The van der Waals surface area contributed by atoms with Crippen LogP contribution < -0.4 is 16.4 Å². The first-order chi connectivity index (χ1) is 14.8. The summed E-state index contributed by atoms with van der Waals surface area (Å²) in [5.74, 6) is -0.204. The lowest BCUT2D eigenvalue weighted by atomic mass is 9.96. The lowest BCUT2D eigenvalue weighted by molar-refractivity contribution is -0.115. The predicted octanol–water partition coefficient (Wildman–Crippen LogP) is 3.16. The van der Waals surface area contributed by atoms with E-state index in [-0.39, 0.29) is 17.3 Å². The van der Waals surface area contributed by atoms with Crippen LogP contribution in [0.2, 0.25) is 0 Å². The van der Waals surface area contributed by atoms with E-state index in [4.69, 9.17) is 11.5 Å². The maximum Gasteiger partial charge on any atom is 0.335 e. The number of carboxylic acids is 1. The second-order valence-corrected chi connectivity index (χ2v) is 7.41. The van der Waals surface area contributed by atoms with Crippen LogP contribution in [-0.2, 0) is 17.8 Å². The Morgan fingerprint density at radius 3 is 2.52 bits per heavy atom. The molecule has 3 aromatic rings. The highest BCUT2D eigenvalue weighted by Crippen LogP contribution is 2.37. The number of carboxylic acid groups (broad SMARTS) is 1. The van der Waals surface area contributed by atoms with Gasteiger partial charge in [0.05, 0.1) is 5.56 Å². The summed E-state index contributed by atoms with van der Waals surface area (Å²) in [7, 11) is 0. The Labute approximate surface area is 180 Å². The normalized spacial score (nSPS) is 12.0. The average molecular weight is 419 g/mol. The number of Topliss-reactive ketones (excluding diaryl/α,β-unsaturated/α-hetero) is 1. The van der Waals surface area contributed by atoms with Crippen molar-refractivity contribution in [1.82, 2.24) is 9.97 Å². The summed E-state index contributed by atoms with van der Waals surface area (Å²) in [4.78, 5) is 31.0. The third kappa shape index (κ3) is 5.16. The molecule has 1 aromatic heterocycles. The van der Waals surface area contributed by atoms with E-state index in [9.17, 15) is 14.7 Å². The van der Waals surface area contributed by atoms with Crippen molar-refractivity contribution in [2.45, 2.75) is 26.8 Å². The van der Waals surface area contributed by atoms with E-state index in [0.29, 0.717) is 12.4 Å². The fraction of sp³-hybridized carbons (Fsp3) is 0.217. The van der Waals surface area contributed by atoms with Gasteiger partial charge in [-0.05, 0) is 55.2 Å². The summed E-state index contributed by atoms with van der Waals surface area (Å²) in [6.45, 7) is 4.49. The molecule has 1 aliphatic rings. The highest BCUT2D eigenvalue weighted by molar-refractivity contribution is 5.90. The zero-order chi connectivity index (χ0) is 22.5. The second-order valence-electron chi connectivity index (χ2n) is 7.41. The summed E-state index contributed by atoms with van der Waals surface area (Å²) in [6.07, 6.45) is 2.54. The van der Waals surface area contributed by atoms with Crippen molar-refractivity contribution in [3.63, 3.8) is 0 Å². The number of nitrogen functional groups attached to an aromatic ring is 2. The van der Waals surface area contributed by atoms with E-state index in [1.54, 1.807) is 24.4 Å². The molecule has 0 saturated carbocycles. The van der Waals surface area contributed by atoms with Crippen LogP contribution in [0.4, 0.5) is 17.5 Å². The Kier molecular flexibility index (Phi) is 6.49. The highest BCUT2D eigenvalue weighted by Gasteiger charge is 2.23. The first-order valence-corrected chi connectivity index (χ1v) is 9.81. The van der Waals surface area contributed by atoms with Gasteiger partial charge < -0.3 is 26.3 Å². The van der Waals surface area contributed by atoms with Crippen LogP contribution in [0.15, 0.2) is 48.7 Å². The molecular formula is C23H25N5O3. The van der Waals surface area contributed by atoms with Gasteiger partial charge in [-0.1, -0.05) is 24.3 Å². The molecular weight excluding hydrogens is 394 g/mol. The van der Waals surface area contributed by atoms with Crippen LogP contribution in [0.5, 0.6) is 0 Å². The fourth-order valence-corrected chi connectivity index (χ4v) is 3.52. The Morgan fingerprint density at radius 1 is 1.13 bits per heavy atom. The number of carbonyl (C=O) groups excluding carboxylic acids is 1. The largest absolute Gasteiger partial charge is 0.478 e. The first-order valence-electron chi connectivity index (χ1n) is 9.81. The molecule has 1 aliphatic heterocycles. The number of nitrogens with zero attached hydrogens (tertiary/aromatic N) is 3. The van der Waals surface area contributed by atoms with Crippen molar-refractivity contribution in [1.29, 1.82) is 0 Å². The van der Waals surface area contributed by atoms with Gasteiger partial charge in [0, 0.05) is 30.5 Å². The van der Waals surface area contributed by atoms with Crippen LogP contribution >= 0.6 is 0 Å². The van der Waals surface area contributed by atoms with Gasteiger partial charge in [0.25, 0.3) is 0 Å². The van der Waals surface area contributed by atoms with Crippen molar-refractivity contribution in [3.8, 4) is 11.1 Å². The maximum atomic E-state index is 11.3. The van der Waals surface area contributed by atoms with Crippen molar-refractivity contribution < 1.29 is 14.7 Å². The van der Waals surface area contributed by atoms with Gasteiger partial charge >= 0.3 is 5.97 Å². The van der Waals surface area contributed by atoms with Gasteiger partial charge in [0.2, 0.25) is 5.95 Å². The summed E-state index contributed by atoms with van der Waals surface area (Å²) < 4.78 is 0. The van der Waals surface area contributed by atoms with Gasteiger partial charge in [-0.3, -0.25) is 0 Å². The van der Waals surface area contributed by atoms with Gasteiger partial charge in [0.1, 0.15) is 11.6 Å². The molecule has 0 saturated heterocycles. The number of carbonyl (C=O) groups is 2. The predicted molar refractivity (Wildman–Crippen MR) is 121 cm³/mol. The molecule has 0 unspecified atom stereocenters. The highest BCUT2D eigenvalue weighted by atomic mass is 16.4. The van der Waals surface area contributed by atoms with Crippen LogP contribution in [0.3, 0.4) is 0 Å². The molecule has 0 radical (unpaired) electrons. The summed E-state index contributed by atoms with van der Waals surface area (Å²) in [5.41, 5.74) is 16.9. The van der Waals surface area contributed by atoms with Crippen LogP contribution in [-0.4, -0.2) is 33.4 Å². The quantitative estimate of drug-likeness (QED) is 0.587. The molecule has 31 heavy (non-hydrogen) atoms. The SMILES string of the molecule is CC(C)=O.Nc1ncc(CN2CCc3c(-c4cccc(C(=O)O)c4)cccc32)c(N)n1. The van der Waals surface area contributed by atoms with E-state index >= 15 is 0 Å². The third-order valence-corrected chi connectivity index (χ3v) is 4.82. The average Bonchev–Trinajstić information content (AvgIpc) is 3.13. The van der Waals surface area contributed by atoms with Crippen LogP contribution in [0.1, 0.15) is 35.3 Å². The summed E-state index contributed by atoms with van der Waals surface area (Å²) in [5, 5.41) is 9.26. The number of ketones is 1. The van der Waals surface area contributed by atoms with Crippen molar-refractivity contribution >= 4 is 29.2 Å². The number of benzene rings is 2. The minimum atomic E-state index is -0.926. The van der Waals surface area contributed by atoms with Crippen LogP contribution in [0.25, 0.3) is 11.1 Å². The number of rotatable bonds is 4. The zero-order valence-corrected chi connectivity index (χ0v) is 17.5. The molecule has 4 rings (SSSR count). The van der Waals surface area contributed by atoms with Gasteiger partial charge in [-0.25, -0.2) is 9.78 Å². The number of anilines is 3. The van der Waals surface area contributed by atoms with E-state index in [1.165, 1.54) is 19.4 Å². The van der Waals surface area contributed by atoms with Crippen LogP contribution in [0, 0.1) is 0 Å². The number of nitrogens with two attached hydrogens (primary N) is 2. The smallest absolute Gasteiger partial charge is 0.335 e. The Hall–Kier alpha value is -3.94. The minimum absolute atomic E-state index is 0.165. The van der Waals surface area contributed by atoms with E-state index < -0.39 is 5.97 Å². The summed E-state index contributed by atoms with van der Waals surface area (Å²) >= 11 is 0. The van der Waals surface area contributed by atoms with E-state index in [2.05, 4.69) is 20.9 Å². The molecule has 0 atom stereocenters. The number of aromatic nitrogens is 2. The number of fused-ring (bicyclic) bond motifs is 1. The topological polar surface area (TPSA) is 135 Å². The lowest BCUT2D eigenvalue weighted by Gasteiger charge is -2.20. The van der Waals surface area contributed by atoms with Crippen molar-refractivity contribution in [2.24, 2.45) is 0 Å². The molecule has 160 valence electrons. The molecule has 2 aromatic carbocycles. The molecule has 0 amide bonds. The van der Waals surface area contributed by atoms with Crippen molar-refractivity contribution in [3.05, 3.63) is 65.4 Å². The number of aromatic carboxylic acids is 1. The molecule has 0 bridgehead atoms. The Balaban J connectivity index is 0.000000628. The van der Waals surface area contributed by atoms with Gasteiger partial charge in [-0.2, -0.15) is 4.98 Å². The Morgan fingerprint density at radius 2 is 1.84 bits per heavy atom. The minimum Gasteiger partial charge on any atom is -0.478 e. The zero-order valence-electron chi connectivity index (χ0n) is 17.5. The lowest BCUT2D eigenvalue weighted by Crippen LogP contribution is -2.21. The second kappa shape index (κ2) is 9.25. The van der Waals surface area contributed by atoms with Gasteiger partial charge in [-0.15, -0.1) is 0 Å². The molecule has 0 spiro atoms. The number of hydrogen-bond acceptors (Lipinski definition) is 7. The molecule has 5 N–H and O–H groups in total. The molecule has 2 heterocycles. The first kappa shape index (κ1) is 21.8. The van der Waals surface area contributed by atoms with E-state index in [1.807, 2.05) is 18.2 Å². The molecule has 8 heteroatoms. The summed E-state index contributed by atoms with van der Waals surface area (Å²) in [6, 6.07) is 13.1. The van der Waals surface area contributed by atoms with Crippen molar-refractivity contribution in [2.75, 3.05) is 22.9 Å². The third-order valence-electron chi connectivity index (χ3n) is 4.82. The Bertz CT molecular complexity index is 1130. The molecule has 0 aliphatic carbocycles. The molecule has 0 fully saturated rings. The maximum absolute atomic E-state index is 11.3. The fourth-order valence-electron chi connectivity index (χ4n) is 3.52.